The summed E-state index contributed by atoms with van der Waals surface area (Å²) in [6, 6.07) is 1.42. The van der Waals surface area contributed by atoms with E-state index in [0.29, 0.717) is 0 Å². The summed E-state index contributed by atoms with van der Waals surface area (Å²) < 4.78 is 58.8. The van der Waals surface area contributed by atoms with E-state index in [-0.39, 0.29) is 0 Å². The number of hydrogen-bond acceptors (Lipinski definition) is 4. The minimum atomic E-state index is -5.05. The number of alkyl halides is 3. The third-order valence-electron chi connectivity index (χ3n) is 2.21. The van der Waals surface area contributed by atoms with Gasteiger partial charge >= 0.3 is 12.3 Å². The Labute approximate surface area is 118 Å². The summed E-state index contributed by atoms with van der Waals surface area (Å²) >= 11 is 0. The van der Waals surface area contributed by atoms with E-state index in [1.54, 1.807) is 20.8 Å². The molecule has 0 amide bonds. The van der Waals surface area contributed by atoms with Crippen molar-refractivity contribution in [3.05, 3.63) is 29.6 Å². The van der Waals surface area contributed by atoms with Crippen LogP contribution in [0.5, 0.6) is 5.75 Å². The predicted octanol–water partition coefficient (Wildman–Crippen LogP) is 3.07. The Hall–Kier alpha value is -1.83. The normalized spacial score (nSPS) is 13.7. The van der Waals surface area contributed by atoms with Crippen LogP contribution in [0.3, 0.4) is 0 Å². The molecule has 21 heavy (non-hydrogen) atoms. The monoisotopic (exact) mass is 309 g/mol. The first-order chi connectivity index (χ1) is 9.41. The molecular formula is C13H15F4NO3. The number of benzene rings is 1. The molecule has 1 aromatic carbocycles. The number of carbonyl (C=O) groups excluding carboxylic acids is 1. The van der Waals surface area contributed by atoms with Gasteiger partial charge in [0.15, 0.2) is 11.6 Å². The average molecular weight is 309 g/mol. The highest BCUT2D eigenvalue weighted by Gasteiger charge is 2.34. The lowest BCUT2D eigenvalue weighted by Crippen LogP contribution is -2.32. The molecule has 4 nitrogen and oxygen atoms in total. The second-order valence-corrected chi connectivity index (χ2v) is 5.22. The maximum Gasteiger partial charge on any atom is 0.573 e. The van der Waals surface area contributed by atoms with Crippen LogP contribution in [0, 0.1) is 5.82 Å². The molecule has 0 saturated carbocycles. The van der Waals surface area contributed by atoms with Crippen molar-refractivity contribution in [3.8, 4) is 5.75 Å². The zero-order chi connectivity index (χ0) is 16.4. The summed E-state index contributed by atoms with van der Waals surface area (Å²) in [5.41, 5.74) is 4.23. The number of ether oxygens (including phenoxy) is 2. The molecule has 0 aliphatic rings. The van der Waals surface area contributed by atoms with Crippen LogP contribution in [-0.4, -0.2) is 17.9 Å². The molecule has 0 bridgehead atoms. The number of hydrogen-bond donors (Lipinski definition) is 1. The third-order valence-corrected chi connectivity index (χ3v) is 2.21. The van der Waals surface area contributed by atoms with E-state index >= 15 is 0 Å². The quantitative estimate of drug-likeness (QED) is 0.688. The van der Waals surface area contributed by atoms with Gasteiger partial charge in [-0.25, -0.2) is 9.18 Å². The Morgan fingerprint density at radius 1 is 1.24 bits per heavy atom. The highest BCUT2D eigenvalue weighted by molar-refractivity contribution is 5.78. The van der Waals surface area contributed by atoms with Crippen LogP contribution in [0.1, 0.15) is 32.4 Å². The van der Waals surface area contributed by atoms with Gasteiger partial charge < -0.3 is 15.2 Å². The van der Waals surface area contributed by atoms with Gasteiger partial charge in [-0.3, -0.25) is 0 Å². The van der Waals surface area contributed by atoms with Crippen LogP contribution in [0.4, 0.5) is 17.6 Å². The van der Waals surface area contributed by atoms with E-state index < -0.39 is 41.1 Å². The van der Waals surface area contributed by atoms with Gasteiger partial charge in [0.25, 0.3) is 0 Å². The molecule has 1 atom stereocenters. The van der Waals surface area contributed by atoms with Crippen molar-refractivity contribution in [3.63, 3.8) is 0 Å². The standard InChI is InChI=1S/C13H15F4NO3/c1-12(2,3)21-11(19)10(18)7-5-4-6-8(9(7)14)20-13(15,16)17/h4-6,10H,18H2,1-3H3. The molecule has 2 N–H and O–H groups in total. The second kappa shape index (κ2) is 5.88. The molecule has 8 heteroatoms. The maximum absolute atomic E-state index is 13.9. The van der Waals surface area contributed by atoms with Gasteiger partial charge in [-0.15, -0.1) is 13.2 Å². The van der Waals surface area contributed by atoms with E-state index in [0.717, 1.165) is 18.2 Å². The van der Waals surface area contributed by atoms with Crippen LogP contribution >= 0.6 is 0 Å². The van der Waals surface area contributed by atoms with Crippen LogP contribution in [0.25, 0.3) is 0 Å². The Balaban J connectivity index is 3.03. The molecule has 118 valence electrons. The van der Waals surface area contributed by atoms with Gasteiger partial charge in [0.05, 0.1) is 0 Å². The second-order valence-electron chi connectivity index (χ2n) is 5.22. The smallest absolute Gasteiger partial charge is 0.459 e. The number of nitrogens with two attached hydrogens (primary N) is 1. The SMILES string of the molecule is CC(C)(C)OC(=O)C(N)c1cccc(OC(F)(F)F)c1F. The molecule has 0 aliphatic heterocycles. The van der Waals surface area contributed by atoms with Crippen LogP contribution in [-0.2, 0) is 9.53 Å². The fourth-order valence-corrected chi connectivity index (χ4v) is 1.46. The number of halogens is 4. The molecular weight excluding hydrogens is 294 g/mol. The molecule has 1 rings (SSSR count). The fraction of sp³-hybridized carbons (Fsp3) is 0.462. The Kier molecular flexibility index (Phi) is 4.83. The Bertz CT molecular complexity index is 523. The van der Waals surface area contributed by atoms with Crippen molar-refractivity contribution in [2.45, 2.75) is 38.8 Å². The van der Waals surface area contributed by atoms with Gasteiger partial charge in [0, 0.05) is 5.56 Å². The molecule has 1 unspecified atom stereocenters. The molecule has 0 heterocycles. The van der Waals surface area contributed by atoms with Crippen molar-refractivity contribution in [1.29, 1.82) is 0 Å². The van der Waals surface area contributed by atoms with Crippen molar-refractivity contribution >= 4 is 5.97 Å². The minimum Gasteiger partial charge on any atom is -0.459 e. The Morgan fingerprint density at radius 2 is 1.81 bits per heavy atom. The van der Waals surface area contributed by atoms with Gasteiger partial charge in [0.1, 0.15) is 11.6 Å². The van der Waals surface area contributed by atoms with Crippen LogP contribution < -0.4 is 10.5 Å². The highest BCUT2D eigenvalue weighted by atomic mass is 19.4. The summed E-state index contributed by atoms with van der Waals surface area (Å²) in [6.45, 7) is 4.74. The van der Waals surface area contributed by atoms with Crippen molar-refractivity contribution < 1.29 is 31.8 Å². The molecule has 0 fully saturated rings. The third kappa shape index (κ3) is 5.22. The first kappa shape index (κ1) is 17.2. The van der Waals surface area contributed by atoms with E-state index in [9.17, 15) is 22.4 Å². The number of rotatable bonds is 3. The zero-order valence-electron chi connectivity index (χ0n) is 11.6. The zero-order valence-corrected chi connectivity index (χ0v) is 11.6. The lowest BCUT2D eigenvalue weighted by Gasteiger charge is -2.22. The number of esters is 1. The fourth-order valence-electron chi connectivity index (χ4n) is 1.46. The molecule has 0 radical (unpaired) electrons. The topological polar surface area (TPSA) is 61.5 Å². The van der Waals surface area contributed by atoms with E-state index in [1.165, 1.54) is 0 Å². The summed E-state index contributed by atoms with van der Waals surface area (Å²) in [5.74, 6) is -3.36. The van der Waals surface area contributed by atoms with Gasteiger partial charge in [-0.1, -0.05) is 12.1 Å². The highest BCUT2D eigenvalue weighted by Crippen LogP contribution is 2.30. The predicted molar refractivity (Wildman–Crippen MR) is 65.9 cm³/mol. The lowest BCUT2D eigenvalue weighted by atomic mass is 10.1. The molecule has 0 aromatic heterocycles. The summed E-state index contributed by atoms with van der Waals surface area (Å²) in [4.78, 5) is 11.7. The summed E-state index contributed by atoms with van der Waals surface area (Å²) in [6.07, 6.45) is -5.05. The lowest BCUT2D eigenvalue weighted by molar-refractivity contribution is -0.275. The largest absolute Gasteiger partial charge is 0.573 e. The molecule has 0 spiro atoms. The first-order valence-electron chi connectivity index (χ1n) is 5.93. The molecule has 0 saturated heterocycles. The average Bonchev–Trinajstić information content (AvgIpc) is 2.27. The number of carbonyl (C=O) groups is 1. The van der Waals surface area contributed by atoms with Gasteiger partial charge in [0.2, 0.25) is 0 Å². The van der Waals surface area contributed by atoms with E-state index in [4.69, 9.17) is 10.5 Å². The van der Waals surface area contributed by atoms with E-state index in [2.05, 4.69) is 4.74 Å². The van der Waals surface area contributed by atoms with Crippen LogP contribution in [0.2, 0.25) is 0 Å². The summed E-state index contributed by atoms with van der Waals surface area (Å²) in [5, 5.41) is 0. The van der Waals surface area contributed by atoms with Gasteiger partial charge in [-0.2, -0.15) is 0 Å². The Morgan fingerprint density at radius 3 is 2.29 bits per heavy atom. The van der Waals surface area contributed by atoms with Gasteiger partial charge in [-0.05, 0) is 26.8 Å². The van der Waals surface area contributed by atoms with Crippen LogP contribution in [0.15, 0.2) is 18.2 Å². The minimum absolute atomic E-state index is 0.439. The maximum atomic E-state index is 13.9. The van der Waals surface area contributed by atoms with Crippen molar-refractivity contribution in [2.75, 3.05) is 0 Å². The first-order valence-corrected chi connectivity index (χ1v) is 5.93. The molecule has 0 aliphatic carbocycles. The molecule has 1 aromatic rings. The van der Waals surface area contributed by atoms with Crippen molar-refractivity contribution in [2.24, 2.45) is 5.73 Å². The van der Waals surface area contributed by atoms with E-state index in [1.807, 2.05) is 0 Å². The summed E-state index contributed by atoms with van der Waals surface area (Å²) in [7, 11) is 0. The van der Waals surface area contributed by atoms with Crippen molar-refractivity contribution in [1.82, 2.24) is 0 Å².